The fourth-order valence-corrected chi connectivity index (χ4v) is 4.26. The fourth-order valence-electron chi connectivity index (χ4n) is 3.32. The Hall–Kier alpha value is -2.46. The van der Waals surface area contributed by atoms with Crippen molar-refractivity contribution < 1.29 is 4.79 Å². The zero-order valence-electron chi connectivity index (χ0n) is 10.9. The Morgan fingerprint density at radius 1 is 1.10 bits per heavy atom. The number of Topliss-reactive ketones (excluding diaryl/α,β-unsaturated/α-hetero) is 1. The predicted molar refractivity (Wildman–Crippen MR) is 84.6 cm³/mol. The fraction of sp³-hybridized carbons (Fsp3) is 0.0588. The first kappa shape index (κ1) is 11.2. The van der Waals surface area contributed by atoms with Crippen LogP contribution >= 0.6 is 11.3 Å². The molecule has 1 aliphatic rings. The lowest BCUT2D eigenvalue weighted by Crippen LogP contribution is -2.04. The van der Waals surface area contributed by atoms with E-state index in [2.05, 4.69) is 4.40 Å². The van der Waals surface area contributed by atoms with E-state index in [0.29, 0.717) is 11.8 Å². The van der Waals surface area contributed by atoms with Crippen molar-refractivity contribution in [3.05, 3.63) is 63.3 Å². The number of hydrogen-bond acceptors (Lipinski definition) is 3. The van der Waals surface area contributed by atoms with E-state index in [4.69, 9.17) is 0 Å². The summed E-state index contributed by atoms with van der Waals surface area (Å²) in [7, 11) is 0. The van der Waals surface area contributed by atoms with Crippen molar-refractivity contribution in [2.75, 3.05) is 0 Å². The van der Waals surface area contributed by atoms with Gasteiger partial charge in [0.1, 0.15) is 4.83 Å². The molecule has 0 radical (unpaired) electrons. The standard InChI is InChI=1S/C17H9NO2S/c19-13-6-10-8-21-15-7-14(20)12-5-4-9-2-1-3-11(13)16(9)17(12)18(10)15/h1-5,7-8H,6H2. The Kier molecular flexibility index (Phi) is 1.92. The third-order valence-corrected chi connectivity index (χ3v) is 5.16. The van der Waals surface area contributed by atoms with Crippen LogP contribution in [0.25, 0.3) is 26.5 Å². The third-order valence-electron chi connectivity index (χ3n) is 4.23. The molecule has 0 amide bonds. The van der Waals surface area contributed by atoms with E-state index < -0.39 is 0 Å². The van der Waals surface area contributed by atoms with Gasteiger partial charge < -0.3 is 4.40 Å². The lowest BCUT2D eigenvalue weighted by atomic mass is 9.98. The van der Waals surface area contributed by atoms with E-state index in [0.717, 1.165) is 32.4 Å². The normalized spacial score (nSPS) is 13.8. The Morgan fingerprint density at radius 3 is 2.90 bits per heavy atom. The number of aromatic nitrogens is 1. The Balaban J connectivity index is 2.30. The molecule has 5 rings (SSSR count). The first-order valence-electron chi connectivity index (χ1n) is 6.75. The van der Waals surface area contributed by atoms with Gasteiger partial charge >= 0.3 is 0 Å². The number of carbonyl (C=O) groups excluding carboxylic acids is 1. The molecular weight excluding hydrogens is 282 g/mol. The molecular formula is C17H9NO2S. The van der Waals surface area contributed by atoms with Crippen molar-refractivity contribution in [1.82, 2.24) is 4.40 Å². The molecule has 21 heavy (non-hydrogen) atoms. The summed E-state index contributed by atoms with van der Waals surface area (Å²) < 4.78 is 2.08. The van der Waals surface area contributed by atoms with E-state index in [1.165, 1.54) is 11.3 Å². The monoisotopic (exact) mass is 291 g/mol. The summed E-state index contributed by atoms with van der Waals surface area (Å²) in [6.07, 6.45) is 0.381. The molecule has 1 aliphatic heterocycles. The SMILES string of the molecule is O=C1Cc2csc3cc(=O)c4ccc5cccc1c5c4n23. The average Bonchev–Trinajstić information content (AvgIpc) is 2.82. The molecule has 0 saturated carbocycles. The van der Waals surface area contributed by atoms with Crippen LogP contribution in [-0.4, -0.2) is 10.2 Å². The number of nitrogens with zero attached hydrogens (tertiary/aromatic N) is 1. The molecule has 100 valence electrons. The average molecular weight is 291 g/mol. The summed E-state index contributed by atoms with van der Waals surface area (Å²) in [5.41, 5.74) is 2.59. The van der Waals surface area contributed by atoms with Gasteiger partial charge in [-0.15, -0.1) is 11.3 Å². The maximum absolute atomic E-state index is 12.6. The van der Waals surface area contributed by atoms with E-state index in [1.54, 1.807) is 6.07 Å². The first-order chi connectivity index (χ1) is 10.2. The molecule has 0 saturated heterocycles. The van der Waals surface area contributed by atoms with Crippen LogP contribution in [0, 0.1) is 0 Å². The smallest absolute Gasteiger partial charge is 0.190 e. The van der Waals surface area contributed by atoms with Gasteiger partial charge in [0.15, 0.2) is 11.2 Å². The van der Waals surface area contributed by atoms with Gasteiger partial charge in [-0.3, -0.25) is 9.59 Å². The van der Waals surface area contributed by atoms with Crippen LogP contribution in [0.2, 0.25) is 0 Å². The van der Waals surface area contributed by atoms with Gasteiger partial charge in [0.05, 0.1) is 11.9 Å². The molecule has 2 aromatic heterocycles. The van der Waals surface area contributed by atoms with Gasteiger partial charge in [0.25, 0.3) is 0 Å². The number of ketones is 1. The zero-order chi connectivity index (χ0) is 14.1. The summed E-state index contributed by atoms with van der Waals surface area (Å²) in [5, 5.41) is 4.58. The minimum absolute atomic E-state index is 0.0180. The molecule has 0 fully saturated rings. The molecule has 0 unspecified atom stereocenters. The van der Waals surface area contributed by atoms with Gasteiger partial charge in [0, 0.05) is 33.5 Å². The van der Waals surface area contributed by atoms with Crippen LogP contribution in [0.15, 0.2) is 46.6 Å². The zero-order valence-corrected chi connectivity index (χ0v) is 11.7. The maximum Gasteiger partial charge on any atom is 0.190 e. The van der Waals surface area contributed by atoms with E-state index in [1.807, 2.05) is 35.7 Å². The maximum atomic E-state index is 12.6. The summed E-state index contributed by atoms with van der Waals surface area (Å²) in [6.45, 7) is 0. The number of hydrogen-bond donors (Lipinski definition) is 0. The van der Waals surface area contributed by atoms with Gasteiger partial charge in [-0.05, 0) is 11.5 Å². The van der Waals surface area contributed by atoms with Gasteiger partial charge in [0.2, 0.25) is 0 Å². The van der Waals surface area contributed by atoms with Crippen molar-refractivity contribution in [2.45, 2.75) is 6.42 Å². The number of thiazole rings is 1. The lowest BCUT2D eigenvalue weighted by Gasteiger charge is -2.08. The Morgan fingerprint density at radius 2 is 2.00 bits per heavy atom. The second-order valence-electron chi connectivity index (χ2n) is 5.37. The summed E-state index contributed by atoms with van der Waals surface area (Å²) >= 11 is 1.52. The minimum Gasteiger partial charge on any atom is -0.303 e. The van der Waals surface area contributed by atoms with Crippen LogP contribution in [0.4, 0.5) is 0 Å². The van der Waals surface area contributed by atoms with Crippen molar-refractivity contribution in [3.63, 3.8) is 0 Å². The third kappa shape index (κ3) is 1.28. The number of rotatable bonds is 0. The minimum atomic E-state index is 0.0180. The number of carbonyl (C=O) groups is 1. The van der Waals surface area contributed by atoms with Crippen LogP contribution in [0.3, 0.4) is 0 Å². The molecule has 4 heteroatoms. The lowest BCUT2D eigenvalue weighted by molar-refractivity contribution is 0.0994. The largest absolute Gasteiger partial charge is 0.303 e. The highest BCUT2D eigenvalue weighted by Crippen LogP contribution is 2.33. The van der Waals surface area contributed by atoms with Gasteiger partial charge in [-0.2, -0.15) is 0 Å². The topological polar surface area (TPSA) is 38.5 Å². The molecule has 0 N–H and O–H groups in total. The Labute approximate surface area is 123 Å². The van der Waals surface area contributed by atoms with Crippen LogP contribution < -0.4 is 5.43 Å². The second-order valence-corrected chi connectivity index (χ2v) is 6.26. The molecule has 0 atom stereocenters. The molecule has 4 aromatic rings. The highest BCUT2D eigenvalue weighted by Gasteiger charge is 2.22. The molecule has 0 aliphatic carbocycles. The van der Waals surface area contributed by atoms with Gasteiger partial charge in [-0.1, -0.05) is 24.3 Å². The van der Waals surface area contributed by atoms with E-state index >= 15 is 0 Å². The molecule has 0 spiro atoms. The molecule has 0 bridgehead atoms. The van der Waals surface area contributed by atoms with Crippen molar-refractivity contribution >= 4 is 43.6 Å². The molecule has 3 heterocycles. The predicted octanol–water partition coefficient (Wildman–Crippen LogP) is 3.41. The first-order valence-corrected chi connectivity index (χ1v) is 7.63. The highest BCUT2D eigenvalue weighted by molar-refractivity contribution is 7.15. The van der Waals surface area contributed by atoms with Crippen LogP contribution in [-0.2, 0) is 6.42 Å². The summed E-state index contributed by atoms with van der Waals surface area (Å²) in [4.78, 5) is 25.8. The number of benzene rings is 2. The summed E-state index contributed by atoms with van der Waals surface area (Å²) in [5.74, 6) is 0.115. The van der Waals surface area contributed by atoms with E-state index in [9.17, 15) is 9.59 Å². The second kappa shape index (κ2) is 3.59. The van der Waals surface area contributed by atoms with E-state index in [-0.39, 0.29) is 11.2 Å². The van der Waals surface area contributed by atoms with Crippen molar-refractivity contribution in [1.29, 1.82) is 0 Å². The van der Waals surface area contributed by atoms with Gasteiger partial charge in [-0.25, -0.2) is 0 Å². The molecule has 2 aromatic carbocycles. The quantitative estimate of drug-likeness (QED) is 0.466. The molecule has 3 nitrogen and oxygen atoms in total. The summed E-state index contributed by atoms with van der Waals surface area (Å²) in [6, 6.07) is 11.2. The van der Waals surface area contributed by atoms with Crippen LogP contribution in [0.5, 0.6) is 0 Å². The highest BCUT2D eigenvalue weighted by atomic mass is 32.1. The Bertz CT molecular complexity index is 1150. The van der Waals surface area contributed by atoms with Crippen LogP contribution in [0.1, 0.15) is 16.1 Å². The van der Waals surface area contributed by atoms with Crippen molar-refractivity contribution in [3.8, 4) is 0 Å². The number of pyridine rings is 1. The van der Waals surface area contributed by atoms with Crippen molar-refractivity contribution in [2.24, 2.45) is 0 Å².